The number of aromatic nitrogens is 2. The lowest BCUT2D eigenvalue weighted by Crippen LogP contribution is -2.47. The van der Waals surface area contributed by atoms with Gasteiger partial charge in [0.05, 0.1) is 5.69 Å². The van der Waals surface area contributed by atoms with E-state index in [0.29, 0.717) is 32.0 Å². The van der Waals surface area contributed by atoms with E-state index in [1.54, 1.807) is 12.1 Å². The van der Waals surface area contributed by atoms with Gasteiger partial charge in [-0.05, 0) is 36.4 Å². The fraction of sp³-hybridized carbons (Fsp3) is 0.200. The maximum Gasteiger partial charge on any atom is 0.159 e. The smallest absolute Gasteiger partial charge is 0.159 e. The van der Waals surface area contributed by atoms with Crippen LogP contribution in [-0.4, -0.2) is 36.1 Å². The average Bonchev–Trinajstić information content (AvgIpc) is 2.73. The van der Waals surface area contributed by atoms with Gasteiger partial charge in [-0.1, -0.05) is 0 Å². The summed E-state index contributed by atoms with van der Waals surface area (Å²) in [4.78, 5) is 12.5. The van der Waals surface area contributed by atoms with Gasteiger partial charge in [-0.25, -0.2) is 23.1 Å². The number of benzene rings is 2. The molecule has 0 bridgehead atoms. The number of halogens is 3. The van der Waals surface area contributed by atoms with Crippen LogP contribution >= 0.6 is 0 Å². The largest absolute Gasteiger partial charge is 0.393 e. The van der Waals surface area contributed by atoms with Crippen LogP contribution < -0.4 is 20.9 Å². The monoisotopic (exact) mass is 400 g/mol. The molecule has 6 nitrogen and oxygen atoms in total. The number of anilines is 5. The lowest BCUT2D eigenvalue weighted by Gasteiger charge is -2.37. The minimum atomic E-state index is -0.612. The first-order valence-corrected chi connectivity index (χ1v) is 9.09. The van der Waals surface area contributed by atoms with Crippen LogP contribution in [0.25, 0.3) is 0 Å². The number of nitrogens with zero attached hydrogens (tertiary/aromatic N) is 4. The van der Waals surface area contributed by atoms with Gasteiger partial charge in [-0.2, -0.15) is 0 Å². The quantitative estimate of drug-likeness (QED) is 0.698. The summed E-state index contributed by atoms with van der Waals surface area (Å²) in [6.07, 6.45) is 1.33. The van der Waals surface area contributed by atoms with Gasteiger partial charge in [0.15, 0.2) is 11.6 Å². The molecule has 29 heavy (non-hydrogen) atoms. The van der Waals surface area contributed by atoms with Gasteiger partial charge in [-0.15, -0.1) is 0 Å². The lowest BCUT2D eigenvalue weighted by atomic mass is 10.2. The van der Waals surface area contributed by atoms with Crippen molar-refractivity contribution in [3.05, 3.63) is 66.2 Å². The van der Waals surface area contributed by atoms with E-state index in [9.17, 15) is 13.2 Å². The van der Waals surface area contributed by atoms with Crippen molar-refractivity contribution in [1.29, 1.82) is 0 Å². The van der Waals surface area contributed by atoms with E-state index in [4.69, 9.17) is 5.73 Å². The SMILES string of the molecule is Nc1c(Nc2cc(F)ccc2F)ncnc1N1CCN(c2ccc(F)cc2)CC1. The zero-order valence-electron chi connectivity index (χ0n) is 15.4. The van der Waals surface area contributed by atoms with Crippen molar-refractivity contribution in [3.63, 3.8) is 0 Å². The second-order valence-corrected chi connectivity index (χ2v) is 6.66. The molecule has 1 aliphatic rings. The lowest BCUT2D eigenvalue weighted by molar-refractivity contribution is 0.603. The summed E-state index contributed by atoms with van der Waals surface area (Å²) in [6.45, 7) is 2.70. The van der Waals surface area contributed by atoms with Crippen LogP contribution in [0.1, 0.15) is 0 Å². The Labute approximate surface area is 165 Å². The third-order valence-electron chi connectivity index (χ3n) is 4.82. The van der Waals surface area contributed by atoms with E-state index in [0.717, 1.165) is 23.9 Å². The van der Waals surface area contributed by atoms with Crippen LogP contribution in [0.5, 0.6) is 0 Å². The van der Waals surface area contributed by atoms with E-state index in [2.05, 4.69) is 20.2 Å². The van der Waals surface area contributed by atoms with Gasteiger partial charge >= 0.3 is 0 Å². The summed E-state index contributed by atoms with van der Waals surface area (Å²) in [5.41, 5.74) is 7.36. The number of nitrogens with one attached hydrogen (secondary N) is 1. The highest BCUT2D eigenvalue weighted by Crippen LogP contribution is 2.30. The highest BCUT2D eigenvalue weighted by Gasteiger charge is 2.22. The molecule has 4 rings (SSSR count). The summed E-state index contributed by atoms with van der Waals surface area (Å²) >= 11 is 0. The minimum absolute atomic E-state index is 0.0533. The van der Waals surface area contributed by atoms with Gasteiger partial charge in [-0.3, -0.25) is 0 Å². The number of nitrogen functional groups attached to an aromatic ring is 1. The summed E-state index contributed by atoms with van der Waals surface area (Å²) in [6, 6.07) is 9.49. The molecule has 3 aromatic rings. The van der Waals surface area contributed by atoms with E-state index in [1.807, 2.05) is 4.90 Å². The maximum absolute atomic E-state index is 13.9. The molecule has 1 saturated heterocycles. The molecule has 2 heterocycles. The molecule has 0 atom stereocenters. The van der Waals surface area contributed by atoms with Crippen molar-refractivity contribution in [3.8, 4) is 0 Å². The van der Waals surface area contributed by atoms with Gasteiger partial charge in [0.1, 0.15) is 29.5 Å². The Morgan fingerprint density at radius 2 is 1.48 bits per heavy atom. The van der Waals surface area contributed by atoms with E-state index in [1.165, 1.54) is 18.5 Å². The second kappa shape index (κ2) is 7.86. The Balaban J connectivity index is 1.49. The van der Waals surface area contributed by atoms with Crippen LogP contribution in [0, 0.1) is 17.5 Å². The third kappa shape index (κ3) is 4.03. The molecule has 0 spiro atoms. The van der Waals surface area contributed by atoms with Crippen molar-refractivity contribution >= 4 is 28.7 Å². The second-order valence-electron chi connectivity index (χ2n) is 6.66. The van der Waals surface area contributed by atoms with E-state index in [-0.39, 0.29) is 23.0 Å². The molecule has 150 valence electrons. The van der Waals surface area contributed by atoms with Crippen LogP contribution in [0.3, 0.4) is 0 Å². The summed E-state index contributed by atoms with van der Waals surface area (Å²) in [7, 11) is 0. The average molecular weight is 400 g/mol. The van der Waals surface area contributed by atoms with Crippen molar-refractivity contribution in [2.24, 2.45) is 0 Å². The fourth-order valence-electron chi connectivity index (χ4n) is 3.29. The molecule has 2 aromatic carbocycles. The summed E-state index contributed by atoms with van der Waals surface area (Å²) in [5, 5.41) is 2.74. The van der Waals surface area contributed by atoms with Crippen LogP contribution in [-0.2, 0) is 0 Å². The minimum Gasteiger partial charge on any atom is -0.393 e. The Hall–Kier alpha value is -3.49. The van der Waals surface area contributed by atoms with Crippen molar-refractivity contribution in [1.82, 2.24) is 9.97 Å². The molecule has 0 saturated carbocycles. The van der Waals surface area contributed by atoms with E-state index < -0.39 is 11.6 Å². The molecule has 3 N–H and O–H groups in total. The van der Waals surface area contributed by atoms with Crippen LogP contribution in [0.2, 0.25) is 0 Å². The number of hydrogen-bond donors (Lipinski definition) is 2. The van der Waals surface area contributed by atoms with Gasteiger partial charge in [0.25, 0.3) is 0 Å². The predicted octanol–water partition coefficient (Wildman–Crippen LogP) is 3.55. The Morgan fingerprint density at radius 1 is 0.828 bits per heavy atom. The van der Waals surface area contributed by atoms with Gasteiger partial charge < -0.3 is 20.9 Å². The summed E-state index contributed by atoms with van der Waals surface area (Å²) < 4.78 is 40.5. The predicted molar refractivity (Wildman–Crippen MR) is 107 cm³/mol. The zero-order valence-corrected chi connectivity index (χ0v) is 15.4. The van der Waals surface area contributed by atoms with Crippen LogP contribution in [0.15, 0.2) is 48.8 Å². The third-order valence-corrected chi connectivity index (χ3v) is 4.82. The standard InChI is InChI=1S/C20H19F3N6/c21-13-1-4-15(5-2-13)28-7-9-29(10-8-28)20-18(24)19(25-12-26-20)27-17-11-14(22)3-6-16(17)23/h1-6,11-12H,7-10,24H2,(H,25,26,27). The summed E-state index contributed by atoms with van der Waals surface area (Å²) in [5.74, 6) is -0.716. The number of nitrogens with two attached hydrogens (primary N) is 1. The first-order valence-electron chi connectivity index (χ1n) is 9.09. The number of piperazine rings is 1. The molecule has 1 fully saturated rings. The molecule has 0 aliphatic carbocycles. The fourth-order valence-corrected chi connectivity index (χ4v) is 3.29. The Kier molecular flexibility index (Phi) is 5.11. The topological polar surface area (TPSA) is 70.3 Å². The first kappa shape index (κ1) is 18.9. The molecule has 1 aromatic heterocycles. The molecule has 0 amide bonds. The maximum atomic E-state index is 13.9. The normalized spacial score (nSPS) is 14.2. The highest BCUT2D eigenvalue weighted by atomic mass is 19.1. The van der Waals surface area contributed by atoms with Gasteiger partial charge in [0, 0.05) is 37.9 Å². The highest BCUT2D eigenvalue weighted by molar-refractivity contribution is 5.78. The van der Waals surface area contributed by atoms with E-state index >= 15 is 0 Å². The molecule has 9 heteroatoms. The molecular weight excluding hydrogens is 381 g/mol. The van der Waals surface area contributed by atoms with Gasteiger partial charge in [0.2, 0.25) is 0 Å². The van der Waals surface area contributed by atoms with Crippen molar-refractivity contribution < 1.29 is 13.2 Å². The molecular formula is C20H19F3N6. The number of rotatable bonds is 4. The number of hydrogen-bond acceptors (Lipinski definition) is 6. The molecule has 1 aliphatic heterocycles. The molecule has 0 radical (unpaired) electrons. The zero-order chi connectivity index (χ0) is 20.4. The first-order chi connectivity index (χ1) is 14.0. The Bertz CT molecular complexity index is 1000. The molecule has 0 unspecified atom stereocenters. The van der Waals surface area contributed by atoms with Crippen molar-refractivity contribution in [2.75, 3.05) is 47.0 Å². The van der Waals surface area contributed by atoms with Crippen molar-refractivity contribution in [2.45, 2.75) is 0 Å². The Morgan fingerprint density at radius 3 is 2.21 bits per heavy atom. The van der Waals surface area contributed by atoms with Crippen LogP contribution in [0.4, 0.5) is 41.9 Å².